The molecule has 1 atom stereocenters. The van der Waals surface area contributed by atoms with Crippen LogP contribution in [0.4, 0.5) is 0 Å². The van der Waals surface area contributed by atoms with Gasteiger partial charge in [0.1, 0.15) is 0 Å². The molecule has 5 rings (SSSR count). The molecule has 2 heterocycles. The zero-order valence-electron chi connectivity index (χ0n) is 20.8. The molecule has 1 fully saturated rings. The summed E-state index contributed by atoms with van der Waals surface area (Å²) in [5, 5.41) is 0. The fourth-order valence-electron chi connectivity index (χ4n) is 5.64. The predicted octanol–water partition coefficient (Wildman–Crippen LogP) is 5.73. The van der Waals surface area contributed by atoms with E-state index in [0.29, 0.717) is 16.9 Å². The van der Waals surface area contributed by atoms with Crippen LogP contribution in [0.15, 0.2) is 94.7 Å². The Morgan fingerprint density at radius 1 is 0.917 bits per heavy atom. The summed E-state index contributed by atoms with van der Waals surface area (Å²) in [5.41, 5.74) is 3.11. The van der Waals surface area contributed by atoms with E-state index in [1.807, 2.05) is 23.9 Å². The first-order valence-corrected chi connectivity index (χ1v) is 14.9. The third-order valence-electron chi connectivity index (χ3n) is 7.63. The second-order valence-corrected chi connectivity index (χ2v) is 13.1. The highest BCUT2D eigenvalue weighted by Crippen LogP contribution is 2.49. The summed E-state index contributed by atoms with van der Waals surface area (Å²) >= 11 is 2.01. The zero-order chi connectivity index (χ0) is 24.3. The van der Waals surface area contributed by atoms with E-state index in [1.54, 1.807) is 41.2 Å². The molecule has 192 valence electrons. The Morgan fingerprint density at radius 2 is 1.53 bits per heavy atom. The van der Waals surface area contributed by atoms with E-state index in [1.165, 1.54) is 29.1 Å². The van der Waals surface area contributed by atoms with Gasteiger partial charge in [0.15, 0.2) is 0 Å². The average molecular weight is 543 g/mol. The summed E-state index contributed by atoms with van der Waals surface area (Å²) in [5.74, 6) is 1.41. The number of sulfonamides is 1. The Bertz CT molecular complexity index is 1230. The Morgan fingerprint density at radius 3 is 2.22 bits per heavy atom. The number of likely N-dealkylation sites (tertiary alicyclic amines) is 1. The normalized spacial score (nSPS) is 18.1. The SMILES string of the molecule is CN(CC(Cc1ccccc1)CN1CCC2(CC1)CSc1ccccc12)S(=O)(=O)c1ccccc1.Cl. The maximum Gasteiger partial charge on any atom is 0.242 e. The quantitative estimate of drug-likeness (QED) is 0.364. The summed E-state index contributed by atoms with van der Waals surface area (Å²) < 4.78 is 28.0. The standard InChI is InChI=1S/C29H34N2O2S2.ClH/c1-30(35(32,33)26-12-6-3-7-13-26)21-25(20-24-10-4-2-5-11-24)22-31-18-16-29(17-19-31)23-34-28-15-9-8-14-27(28)29;/h2-15,25H,16-23H2,1H3;1H. The molecule has 2 aliphatic heterocycles. The number of nitrogens with zero attached hydrogens (tertiary/aromatic N) is 2. The molecule has 7 heteroatoms. The number of hydrogen-bond donors (Lipinski definition) is 0. The van der Waals surface area contributed by atoms with Crippen molar-refractivity contribution in [3.8, 4) is 0 Å². The van der Waals surface area contributed by atoms with Gasteiger partial charge in [-0.3, -0.25) is 0 Å². The molecule has 36 heavy (non-hydrogen) atoms. The summed E-state index contributed by atoms with van der Waals surface area (Å²) in [4.78, 5) is 4.38. The van der Waals surface area contributed by atoms with E-state index in [9.17, 15) is 8.42 Å². The average Bonchev–Trinajstić information content (AvgIpc) is 3.24. The van der Waals surface area contributed by atoms with Crippen LogP contribution in [0.1, 0.15) is 24.0 Å². The minimum absolute atomic E-state index is 0. The van der Waals surface area contributed by atoms with Crippen molar-refractivity contribution in [1.29, 1.82) is 0 Å². The van der Waals surface area contributed by atoms with Crippen molar-refractivity contribution in [3.63, 3.8) is 0 Å². The lowest BCUT2D eigenvalue weighted by atomic mass is 9.74. The number of hydrogen-bond acceptors (Lipinski definition) is 4. The summed E-state index contributed by atoms with van der Waals surface area (Å²) in [6, 6.07) is 28.2. The van der Waals surface area contributed by atoms with Gasteiger partial charge in [-0.15, -0.1) is 24.2 Å². The third-order valence-corrected chi connectivity index (χ3v) is 10.8. The fourth-order valence-corrected chi connectivity index (χ4v) is 8.39. The predicted molar refractivity (Wildman–Crippen MR) is 152 cm³/mol. The van der Waals surface area contributed by atoms with Crippen LogP contribution in [0.3, 0.4) is 0 Å². The highest BCUT2D eigenvalue weighted by molar-refractivity contribution is 7.99. The lowest BCUT2D eigenvalue weighted by Crippen LogP contribution is -2.46. The van der Waals surface area contributed by atoms with Gasteiger partial charge < -0.3 is 4.90 Å². The maximum atomic E-state index is 13.2. The number of halogens is 1. The van der Waals surface area contributed by atoms with Crippen molar-refractivity contribution in [2.24, 2.45) is 5.92 Å². The summed E-state index contributed by atoms with van der Waals surface area (Å²) in [6.45, 7) is 3.55. The number of benzene rings is 3. The first-order chi connectivity index (χ1) is 17.0. The Labute approximate surface area is 226 Å². The van der Waals surface area contributed by atoms with Gasteiger partial charge in [0.05, 0.1) is 4.90 Å². The molecule has 2 aliphatic rings. The van der Waals surface area contributed by atoms with Gasteiger partial charge in [-0.05, 0) is 67.6 Å². The molecule has 0 saturated carbocycles. The minimum atomic E-state index is -3.51. The fraction of sp³-hybridized carbons (Fsp3) is 0.379. The van der Waals surface area contributed by atoms with E-state index in [0.717, 1.165) is 26.1 Å². The van der Waals surface area contributed by atoms with Crippen molar-refractivity contribution in [2.45, 2.75) is 34.5 Å². The Balaban J connectivity index is 0.00000304. The molecule has 1 saturated heterocycles. The van der Waals surface area contributed by atoms with E-state index in [4.69, 9.17) is 0 Å². The lowest BCUT2D eigenvalue weighted by Gasteiger charge is -2.41. The zero-order valence-corrected chi connectivity index (χ0v) is 23.2. The van der Waals surface area contributed by atoms with E-state index < -0.39 is 10.0 Å². The molecule has 1 unspecified atom stereocenters. The van der Waals surface area contributed by atoms with Crippen LogP contribution >= 0.6 is 24.2 Å². The van der Waals surface area contributed by atoms with Gasteiger partial charge in [-0.2, -0.15) is 0 Å². The second-order valence-electron chi connectivity index (χ2n) is 10.0. The molecule has 0 aromatic heterocycles. The molecule has 0 amide bonds. The molecular formula is C29H35ClN2O2S2. The number of thioether (sulfide) groups is 1. The van der Waals surface area contributed by atoms with Gasteiger partial charge in [0.25, 0.3) is 0 Å². The molecule has 1 spiro atoms. The van der Waals surface area contributed by atoms with Crippen molar-refractivity contribution >= 4 is 34.2 Å². The monoisotopic (exact) mass is 542 g/mol. The van der Waals surface area contributed by atoms with Gasteiger partial charge >= 0.3 is 0 Å². The van der Waals surface area contributed by atoms with Crippen molar-refractivity contribution in [2.75, 3.05) is 39.0 Å². The maximum absolute atomic E-state index is 13.2. The van der Waals surface area contributed by atoms with Crippen molar-refractivity contribution < 1.29 is 8.42 Å². The highest BCUT2D eigenvalue weighted by atomic mass is 35.5. The van der Waals surface area contributed by atoms with Crippen LogP contribution in [0.25, 0.3) is 0 Å². The van der Waals surface area contributed by atoms with Crippen LogP contribution in [0.2, 0.25) is 0 Å². The first kappa shape index (κ1) is 27.2. The van der Waals surface area contributed by atoms with Crippen LogP contribution in [0.5, 0.6) is 0 Å². The Kier molecular flexibility index (Phi) is 8.84. The number of piperidine rings is 1. The first-order valence-electron chi connectivity index (χ1n) is 12.5. The van der Waals surface area contributed by atoms with E-state index in [-0.39, 0.29) is 18.3 Å². The molecule has 4 nitrogen and oxygen atoms in total. The van der Waals surface area contributed by atoms with Gasteiger partial charge in [0.2, 0.25) is 10.0 Å². The molecule has 0 radical (unpaired) electrons. The summed E-state index contributed by atoms with van der Waals surface area (Å²) in [6.07, 6.45) is 3.22. The topological polar surface area (TPSA) is 40.6 Å². The minimum Gasteiger partial charge on any atom is -0.303 e. The molecule has 0 aliphatic carbocycles. The number of rotatable bonds is 8. The molecule has 3 aromatic rings. The van der Waals surface area contributed by atoms with Gasteiger partial charge in [0, 0.05) is 36.2 Å². The van der Waals surface area contributed by atoms with Crippen molar-refractivity contribution in [1.82, 2.24) is 9.21 Å². The van der Waals surface area contributed by atoms with Crippen molar-refractivity contribution in [3.05, 3.63) is 96.1 Å². The largest absolute Gasteiger partial charge is 0.303 e. The number of fused-ring (bicyclic) bond motifs is 2. The Hall–Kier alpha value is -1.83. The molecule has 0 bridgehead atoms. The van der Waals surface area contributed by atoms with Crippen LogP contribution in [-0.4, -0.2) is 56.6 Å². The van der Waals surface area contributed by atoms with E-state index >= 15 is 0 Å². The van der Waals surface area contributed by atoms with E-state index in [2.05, 4.69) is 53.4 Å². The van der Waals surface area contributed by atoms with Crippen LogP contribution in [-0.2, 0) is 21.9 Å². The lowest BCUT2D eigenvalue weighted by molar-refractivity contribution is 0.144. The smallest absolute Gasteiger partial charge is 0.242 e. The van der Waals surface area contributed by atoms with Gasteiger partial charge in [-0.25, -0.2) is 12.7 Å². The summed E-state index contributed by atoms with van der Waals surface area (Å²) in [7, 11) is -1.79. The third kappa shape index (κ3) is 5.84. The van der Waals surface area contributed by atoms with Crippen LogP contribution < -0.4 is 0 Å². The van der Waals surface area contributed by atoms with Gasteiger partial charge in [-0.1, -0.05) is 66.7 Å². The van der Waals surface area contributed by atoms with Crippen LogP contribution in [0, 0.1) is 5.92 Å². The molecule has 0 N–H and O–H groups in total. The molecule has 3 aromatic carbocycles. The second kappa shape index (κ2) is 11.7. The highest BCUT2D eigenvalue weighted by Gasteiger charge is 2.41. The molecular weight excluding hydrogens is 508 g/mol.